The second-order valence-corrected chi connectivity index (χ2v) is 7.37. The average Bonchev–Trinajstić information content (AvgIpc) is 3.16. The maximum Gasteiger partial charge on any atom is 0.335 e. The molecule has 6 nitrogen and oxygen atoms in total. The van der Waals surface area contributed by atoms with E-state index in [0.29, 0.717) is 22.2 Å². The minimum absolute atomic E-state index is 0.195. The van der Waals surface area contributed by atoms with Gasteiger partial charge in [-0.25, -0.2) is 9.69 Å². The number of barbiturate groups is 1. The van der Waals surface area contributed by atoms with Crippen LogP contribution in [0.2, 0.25) is 5.02 Å². The molecule has 0 saturated carbocycles. The topological polar surface area (TPSA) is 79.6 Å². The maximum absolute atomic E-state index is 12.9. The van der Waals surface area contributed by atoms with Crippen molar-refractivity contribution in [2.75, 3.05) is 4.90 Å². The number of halogens is 1. The van der Waals surface area contributed by atoms with E-state index in [4.69, 9.17) is 16.0 Å². The SMILES string of the molecule is Cc1cccc(N2C(=O)NC(=O)/C(=C\c3ccc(-c4ccc(C)c(Cl)c4)o3)C2=O)c1. The molecule has 0 atom stereocenters. The van der Waals surface area contributed by atoms with Crippen LogP contribution in [0.3, 0.4) is 0 Å². The molecule has 1 fully saturated rings. The number of hydrogen-bond acceptors (Lipinski definition) is 4. The lowest BCUT2D eigenvalue weighted by atomic mass is 10.1. The van der Waals surface area contributed by atoms with Crippen LogP contribution in [0.4, 0.5) is 10.5 Å². The fourth-order valence-corrected chi connectivity index (χ4v) is 3.31. The Balaban J connectivity index is 1.68. The predicted molar refractivity (Wildman–Crippen MR) is 114 cm³/mol. The summed E-state index contributed by atoms with van der Waals surface area (Å²) in [5.74, 6) is -0.645. The number of carbonyl (C=O) groups is 3. The van der Waals surface area contributed by atoms with E-state index in [-0.39, 0.29) is 5.57 Å². The minimum atomic E-state index is -0.790. The number of benzene rings is 2. The van der Waals surface area contributed by atoms with Gasteiger partial charge in [0.05, 0.1) is 5.69 Å². The van der Waals surface area contributed by atoms with Gasteiger partial charge in [0.2, 0.25) is 0 Å². The van der Waals surface area contributed by atoms with E-state index < -0.39 is 17.8 Å². The number of nitrogens with one attached hydrogen (secondary N) is 1. The highest BCUT2D eigenvalue weighted by Gasteiger charge is 2.37. The highest BCUT2D eigenvalue weighted by molar-refractivity contribution is 6.39. The van der Waals surface area contributed by atoms with E-state index in [2.05, 4.69) is 5.32 Å². The Morgan fingerprint density at radius 1 is 1.00 bits per heavy atom. The normalized spacial score (nSPS) is 15.6. The summed E-state index contributed by atoms with van der Waals surface area (Å²) in [6, 6.07) is 15.0. The zero-order chi connectivity index (χ0) is 21.4. The van der Waals surface area contributed by atoms with Gasteiger partial charge in [0.25, 0.3) is 11.8 Å². The van der Waals surface area contributed by atoms with Crippen LogP contribution in [-0.2, 0) is 9.59 Å². The van der Waals surface area contributed by atoms with E-state index in [1.807, 2.05) is 32.0 Å². The van der Waals surface area contributed by atoms with Gasteiger partial charge in [0.15, 0.2) is 0 Å². The van der Waals surface area contributed by atoms with Crippen molar-refractivity contribution in [1.29, 1.82) is 0 Å². The van der Waals surface area contributed by atoms with Crippen LogP contribution in [-0.4, -0.2) is 17.8 Å². The van der Waals surface area contributed by atoms with E-state index >= 15 is 0 Å². The molecule has 0 spiro atoms. The van der Waals surface area contributed by atoms with Gasteiger partial charge in [-0.1, -0.05) is 35.9 Å². The first kappa shape index (κ1) is 19.7. The molecule has 3 aromatic rings. The summed E-state index contributed by atoms with van der Waals surface area (Å²) in [5, 5.41) is 2.81. The molecule has 1 aliphatic rings. The van der Waals surface area contributed by atoms with Gasteiger partial charge in [0.1, 0.15) is 17.1 Å². The number of amides is 4. The Labute approximate surface area is 177 Å². The number of nitrogens with zero attached hydrogens (tertiary/aromatic N) is 1. The van der Waals surface area contributed by atoms with Crippen LogP contribution >= 0.6 is 11.6 Å². The van der Waals surface area contributed by atoms with E-state index in [0.717, 1.165) is 21.6 Å². The molecular weight excluding hydrogens is 404 g/mol. The van der Waals surface area contributed by atoms with Crippen molar-refractivity contribution in [2.24, 2.45) is 0 Å². The van der Waals surface area contributed by atoms with Crippen molar-refractivity contribution in [2.45, 2.75) is 13.8 Å². The highest BCUT2D eigenvalue weighted by atomic mass is 35.5. The maximum atomic E-state index is 12.9. The lowest BCUT2D eigenvalue weighted by Crippen LogP contribution is -2.54. The number of hydrogen-bond donors (Lipinski definition) is 1. The molecule has 2 heterocycles. The molecule has 2 aromatic carbocycles. The van der Waals surface area contributed by atoms with Crippen molar-refractivity contribution in [3.8, 4) is 11.3 Å². The minimum Gasteiger partial charge on any atom is -0.457 e. The molecule has 0 radical (unpaired) electrons. The summed E-state index contributed by atoms with van der Waals surface area (Å²) in [5.41, 5.74) is 2.78. The molecule has 0 bridgehead atoms. The third kappa shape index (κ3) is 3.65. The third-order valence-corrected chi connectivity index (χ3v) is 5.14. The Hall–Kier alpha value is -3.64. The Morgan fingerprint density at radius 3 is 2.53 bits per heavy atom. The Morgan fingerprint density at radius 2 is 1.80 bits per heavy atom. The van der Waals surface area contributed by atoms with Crippen molar-refractivity contribution >= 4 is 41.2 Å². The van der Waals surface area contributed by atoms with Gasteiger partial charge in [-0.05, 0) is 61.4 Å². The number of furan rings is 1. The van der Waals surface area contributed by atoms with Crippen molar-refractivity contribution in [3.63, 3.8) is 0 Å². The molecule has 0 aliphatic carbocycles. The van der Waals surface area contributed by atoms with Gasteiger partial charge >= 0.3 is 6.03 Å². The largest absolute Gasteiger partial charge is 0.457 e. The van der Waals surface area contributed by atoms with Gasteiger partial charge in [-0.2, -0.15) is 0 Å². The van der Waals surface area contributed by atoms with Crippen molar-refractivity contribution < 1.29 is 18.8 Å². The first-order valence-electron chi connectivity index (χ1n) is 9.18. The smallest absolute Gasteiger partial charge is 0.335 e. The zero-order valence-electron chi connectivity index (χ0n) is 16.2. The number of imide groups is 2. The van der Waals surface area contributed by atoms with E-state index in [1.165, 1.54) is 6.08 Å². The van der Waals surface area contributed by atoms with Gasteiger partial charge in [-0.15, -0.1) is 0 Å². The van der Waals surface area contributed by atoms with Gasteiger partial charge in [0, 0.05) is 10.6 Å². The molecule has 1 aliphatic heterocycles. The lowest BCUT2D eigenvalue weighted by molar-refractivity contribution is -0.122. The predicted octanol–water partition coefficient (Wildman–Crippen LogP) is 4.88. The zero-order valence-corrected chi connectivity index (χ0v) is 17.0. The first-order valence-corrected chi connectivity index (χ1v) is 9.56. The molecule has 1 N–H and O–H groups in total. The quantitative estimate of drug-likeness (QED) is 0.483. The summed E-state index contributed by atoms with van der Waals surface area (Å²) in [6.45, 7) is 3.75. The van der Waals surface area contributed by atoms with E-state index in [9.17, 15) is 14.4 Å². The van der Waals surface area contributed by atoms with Crippen LogP contribution in [0.25, 0.3) is 17.4 Å². The summed E-state index contributed by atoms with van der Waals surface area (Å²) >= 11 is 6.17. The molecule has 1 saturated heterocycles. The van der Waals surface area contributed by atoms with Gasteiger partial charge < -0.3 is 4.42 Å². The first-order chi connectivity index (χ1) is 14.3. The molecule has 4 rings (SSSR count). The average molecular weight is 421 g/mol. The van der Waals surface area contributed by atoms with E-state index in [1.54, 1.807) is 36.4 Å². The van der Waals surface area contributed by atoms with Crippen LogP contribution in [0.15, 0.2) is 64.6 Å². The molecule has 1 aromatic heterocycles. The Bertz CT molecular complexity index is 1230. The van der Waals surface area contributed by atoms with Crippen LogP contribution < -0.4 is 10.2 Å². The monoisotopic (exact) mass is 420 g/mol. The molecule has 150 valence electrons. The number of carbonyl (C=O) groups excluding carboxylic acids is 3. The molecular formula is C23H17ClN2O4. The third-order valence-electron chi connectivity index (χ3n) is 4.73. The summed E-state index contributed by atoms with van der Waals surface area (Å²) < 4.78 is 5.78. The number of rotatable bonds is 3. The van der Waals surface area contributed by atoms with Crippen LogP contribution in [0, 0.1) is 13.8 Å². The number of anilines is 1. The lowest BCUT2D eigenvalue weighted by Gasteiger charge is -2.26. The molecule has 0 unspecified atom stereocenters. The Kier molecular flexibility index (Phi) is 5.01. The standard InChI is InChI=1S/C23H17ClN2O4/c1-13-4-3-5-16(10-13)26-22(28)18(21(27)25-23(26)29)12-17-8-9-20(30-17)15-7-6-14(2)19(24)11-15/h3-12H,1-2H3,(H,25,27,29)/b18-12+. The fraction of sp³-hybridized carbons (Fsp3) is 0.0870. The van der Waals surface area contributed by atoms with Gasteiger partial charge in [-0.3, -0.25) is 14.9 Å². The van der Waals surface area contributed by atoms with Crippen LogP contribution in [0.1, 0.15) is 16.9 Å². The summed E-state index contributed by atoms with van der Waals surface area (Å²) in [6.07, 6.45) is 1.33. The molecule has 30 heavy (non-hydrogen) atoms. The molecule has 4 amide bonds. The van der Waals surface area contributed by atoms with Crippen LogP contribution in [0.5, 0.6) is 0 Å². The molecule has 7 heteroatoms. The summed E-state index contributed by atoms with van der Waals surface area (Å²) in [4.78, 5) is 38.5. The second kappa shape index (κ2) is 7.65. The highest BCUT2D eigenvalue weighted by Crippen LogP contribution is 2.28. The number of urea groups is 1. The number of aryl methyl sites for hydroxylation is 2. The van der Waals surface area contributed by atoms with Crippen molar-refractivity contribution in [1.82, 2.24) is 5.32 Å². The van der Waals surface area contributed by atoms with Crippen molar-refractivity contribution in [3.05, 3.63) is 82.1 Å². The second-order valence-electron chi connectivity index (χ2n) is 6.96. The fourth-order valence-electron chi connectivity index (χ4n) is 3.13. The summed E-state index contributed by atoms with van der Waals surface area (Å²) in [7, 11) is 0.